The SMILES string of the molecule is COCCC(N)CNCc1cccc2c1C(=O)N(C1CCC(=O)NC1=O)C2. The third-order valence-electron chi connectivity index (χ3n) is 5.05. The van der Waals surface area contributed by atoms with Crippen molar-refractivity contribution in [2.75, 3.05) is 20.3 Å². The molecule has 0 aliphatic carbocycles. The maximum atomic E-state index is 13.0. The van der Waals surface area contributed by atoms with E-state index in [1.165, 1.54) is 0 Å². The van der Waals surface area contributed by atoms with E-state index in [0.29, 0.717) is 38.2 Å². The quantitative estimate of drug-likeness (QED) is 0.548. The average molecular weight is 374 g/mol. The van der Waals surface area contributed by atoms with Crippen molar-refractivity contribution >= 4 is 17.7 Å². The number of nitrogens with two attached hydrogens (primary N) is 1. The van der Waals surface area contributed by atoms with Crippen molar-refractivity contribution < 1.29 is 19.1 Å². The van der Waals surface area contributed by atoms with E-state index in [9.17, 15) is 14.4 Å². The predicted octanol–water partition coefficient (Wildman–Crippen LogP) is -0.0990. The van der Waals surface area contributed by atoms with Crippen LogP contribution >= 0.6 is 0 Å². The Morgan fingerprint density at radius 2 is 2.19 bits per heavy atom. The van der Waals surface area contributed by atoms with Crippen molar-refractivity contribution in [2.45, 2.75) is 44.4 Å². The largest absolute Gasteiger partial charge is 0.385 e. The number of benzene rings is 1. The smallest absolute Gasteiger partial charge is 0.255 e. The third kappa shape index (κ3) is 4.35. The minimum atomic E-state index is -0.592. The molecule has 0 spiro atoms. The van der Waals surface area contributed by atoms with Crippen LogP contribution < -0.4 is 16.4 Å². The summed E-state index contributed by atoms with van der Waals surface area (Å²) in [7, 11) is 1.65. The van der Waals surface area contributed by atoms with Crippen LogP contribution in [0.1, 0.15) is 40.7 Å². The summed E-state index contributed by atoms with van der Waals surface area (Å²) in [4.78, 5) is 38.1. The van der Waals surface area contributed by atoms with Crippen molar-refractivity contribution in [3.8, 4) is 0 Å². The van der Waals surface area contributed by atoms with Gasteiger partial charge in [-0.05, 0) is 24.0 Å². The molecule has 0 radical (unpaired) electrons. The molecule has 2 heterocycles. The Labute approximate surface area is 158 Å². The number of nitrogens with zero attached hydrogens (tertiary/aromatic N) is 1. The van der Waals surface area contributed by atoms with Crippen LogP contribution in [0.5, 0.6) is 0 Å². The second kappa shape index (κ2) is 8.60. The van der Waals surface area contributed by atoms with Gasteiger partial charge in [0.15, 0.2) is 0 Å². The monoisotopic (exact) mass is 374 g/mol. The number of piperidine rings is 1. The summed E-state index contributed by atoms with van der Waals surface area (Å²) in [5, 5.41) is 5.62. The first kappa shape index (κ1) is 19.5. The van der Waals surface area contributed by atoms with Crippen LogP contribution in [0.25, 0.3) is 0 Å². The number of methoxy groups -OCH3 is 1. The number of amides is 3. The van der Waals surface area contributed by atoms with E-state index in [-0.39, 0.29) is 24.3 Å². The fraction of sp³-hybridized carbons (Fsp3) is 0.526. The van der Waals surface area contributed by atoms with Crippen LogP contribution in [0.4, 0.5) is 0 Å². The van der Waals surface area contributed by atoms with Crippen LogP contribution in [0.2, 0.25) is 0 Å². The summed E-state index contributed by atoms with van der Waals surface area (Å²) in [6.45, 7) is 2.15. The molecule has 4 N–H and O–H groups in total. The number of fused-ring (bicyclic) bond motifs is 1. The Bertz CT molecular complexity index is 736. The lowest BCUT2D eigenvalue weighted by Crippen LogP contribution is -2.52. The number of ether oxygens (including phenoxy) is 1. The van der Waals surface area contributed by atoms with Crippen LogP contribution in [0.3, 0.4) is 0 Å². The van der Waals surface area contributed by atoms with Gasteiger partial charge < -0.3 is 20.7 Å². The molecular formula is C19H26N4O4. The minimum absolute atomic E-state index is 0.0163. The number of nitrogens with one attached hydrogen (secondary N) is 2. The van der Waals surface area contributed by atoms with Gasteiger partial charge in [0, 0.05) is 51.4 Å². The Balaban J connectivity index is 1.66. The maximum absolute atomic E-state index is 13.0. The highest BCUT2D eigenvalue weighted by Crippen LogP contribution is 2.29. The predicted molar refractivity (Wildman–Crippen MR) is 98.7 cm³/mol. The first-order valence-corrected chi connectivity index (χ1v) is 9.22. The number of carbonyl (C=O) groups is 3. The Kier molecular flexibility index (Phi) is 6.20. The lowest BCUT2D eigenvalue weighted by Gasteiger charge is -2.29. The van der Waals surface area contributed by atoms with E-state index in [2.05, 4.69) is 10.6 Å². The zero-order chi connectivity index (χ0) is 19.4. The molecule has 3 amide bonds. The normalized spacial score (nSPS) is 20.6. The fourth-order valence-electron chi connectivity index (χ4n) is 3.60. The number of hydrogen-bond donors (Lipinski definition) is 3. The molecule has 0 aromatic heterocycles. The summed E-state index contributed by atoms with van der Waals surface area (Å²) in [6, 6.07) is 5.14. The first-order valence-electron chi connectivity index (χ1n) is 9.22. The lowest BCUT2D eigenvalue weighted by atomic mass is 10.0. The van der Waals surface area contributed by atoms with Crippen molar-refractivity contribution in [2.24, 2.45) is 5.73 Å². The maximum Gasteiger partial charge on any atom is 0.255 e. The Hall–Kier alpha value is -2.29. The second-order valence-corrected chi connectivity index (χ2v) is 7.02. The molecule has 1 saturated heterocycles. The van der Waals surface area contributed by atoms with E-state index < -0.39 is 11.9 Å². The molecule has 2 unspecified atom stereocenters. The molecule has 1 aromatic carbocycles. The van der Waals surface area contributed by atoms with Gasteiger partial charge in [0.1, 0.15) is 6.04 Å². The molecule has 8 nitrogen and oxygen atoms in total. The number of imide groups is 1. The fourth-order valence-corrected chi connectivity index (χ4v) is 3.60. The highest BCUT2D eigenvalue weighted by molar-refractivity contribution is 6.05. The molecule has 8 heteroatoms. The highest BCUT2D eigenvalue weighted by atomic mass is 16.5. The van der Waals surface area contributed by atoms with Gasteiger partial charge in [-0.2, -0.15) is 0 Å². The van der Waals surface area contributed by atoms with Crippen molar-refractivity contribution in [1.82, 2.24) is 15.5 Å². The molecule has 2 aliphatic heterocycles. The average Bonchev–Trinajstić information content (AvgIpc) is 2.97. The summed E-state index contributed by atoms with van der Waals surface area (Å²) in [5.41, 5.74) is 8.48. The van der Waals surface area contributed by atoms with Gasteiger partial charge in [0.2, 0.25) is 11.8 Å². The Morgan fingerprint density at radius 1 is 1.37 bits per heavy atom. The van der Waals surface area contributed by atoms with Gasteiger partial charge in [-0.3, -0.25) is 19.7 Å². The Morgan fingerprint density at radius 3 is 2.93 bits per heavy atom. The number of rotatable bonds is 8. The molecule has 146 valence electrons. The highest BCUT2D eigenvalue weighted by Gasteiger charge is 2.39. The van der Waals surface area contributed by atoms with E-state index in [1.807, 2.05) is 18.2 Å². The van der Waals surface area contributed by atoms with Gasteiger partial charge in [-0.15, -0.1) is 0 Å². The first-order chi connectivity index (χ1) is 13.0. The molecule has 0 bridgehead atoms. The van der Waals surface area contributed by atoms with Gasteiger partial charge >= 0.3 is 0 Å². The van der Waals surface area contributed by atoms with Crippen LogP contribution in [-0.2, 0) is 27.4 Å². The molecule has 0 saturated carbocycles. The third-order valence-corrected chi connectivity index (χ3v) is 5.05. The van der Waals surface area contributed by atoms with Gasteiger partial charge in [0.05, 0.1) is 0 Å². The van der Waals surface area contributed by atoms with Gasteiger partial charge in [0.25, 0.3) is 5.91 Å². The molecule has 2 aliphatic rings. The summed E-state index contributed by atoms with van der Waals surface area (Å²) in [5.74, 6) is -0.827. The molecule has 3 rings (SSSR count). The van der Waals surface area contributed by atoms with Crippen LogP contribution in [0.15, 0.2) is 18.2 Å². The van der Waals surface area contributed by atoms with E-state index >= 15 is 0 Å². The van der Waals surface area contributed by atoms with Gasteiger partial charge in [-0.25, -0.2) is 0 Å². The van der Waals surface area contributed by atoms with Crippen LogP contribution in [0, 0.1) is 0 Å². The van der Waals surface area contributed by atoms with E-state index in [1.54, 1.807) is 12.0 Å². The zero-order valence-corrected chi connectivity index (χ0v) is 15.5. The van der Waals surface area contributed by atoms with Crippen molar-refractivity contribution in [3.63, 3.8) is 0 Å². The molecule has 1 fully saturated rings. The second-order valence-electron chi connectivity index (χ2n) is 7.02. The summed E-state index contributed by atoms with van der Waals surface area (Å²) < 4.78 is 5.02. The topological polar surface area (TPSA) is 114 Å². The summed E-state index contributed by atoms with van der Waals surface area (Å²) in [6.07, 6.45) is 1.38. The molecular weight excluding hydrogens is 348 g/mol. The zero-order valence-electron chi connectivity index (χ0n) is 15.5. The lowest BCUT2D eigenvalue weighted by molar-refractivity contribution is -0.136. The van der Waals surface area contributed by atoms with Gasteiger partial charge in [-0.1, -0.05) is 18.2 Å². The number of carbonyl (C=O) groups excluding carboxylic acids is 3. The number of hydrogen-bond acceptors (Lipinski definition) is 6. The molecule has 1 aromatic rings. The van der Waals surface area contributed by atoms with Crippen molar-refractivity contribution in [3.05, 3.63) is 34.9 Å². The van der Waals surface area contributed by atoms with E-state index in [0.717, 1.165) is 17.5 Å². The molecule has 27 heavy (non-hydrogen) atoms. The summed E-state index contributed by atoms with van der Waals surface area (Å²) >= 11 is 0. The standard InChI is InChI=1S/C19H26N4O4/c1-27-8-7-14(20)10-21-9-12-3-2-4-13-11-23(19(26)17(12)13)15-5-6-16(24)22-18(15)25/h2-4,14-15,21H,5-11,20H2,1H3,(H,22,24,25). The van der Waals surface area contributed by atoms with E-state index in [4.69, 9.17) is 10.5 Å². The minimum Gasteiger partial charge on any atom is -0.385 e. The van der Waals surface area contributed by atoms with Crippen molar-refractivity contribution in [1.29, 1.82) is 0 Å². The van der Waals surface area contributed by atoms with Crippen LogP contribution in [-0.4, -0.2) is 55.0 Å². The molecule has 2 atom stereocenters.